The second-order valence-electron chi connectivity index (χ2n) is 4.90. The molecule has 0 unspecified atom stereocenters. The minimum atomic E-state index is -4.72. The van der Waals surface area contributed by atoms with E-state index in [9.17, 15) is 18.0 Å². The van der Waals surface area contributed by atoms with E-state index in [1.165, 1.54) is 13.0 Å². The van der Waals surface area contributed by atoms with Gasteiger partial charge < -0.3 is 9.47 Å². The molecular formula is C15H14ClF3O3. The van der Waals surface area contributed by atoms with Crippen LogP contribution in [0.1, 0.15) is 23.6 Å². The Kier molecular flexibility index (Phi) is 4.42. The number of aryl methyl sites for hydroxylation is 1. The van der Waals surface area contributed by atoms with Gasteiger partial charge in [-0.2, -0.15) is 13.2 Å². The number of hydrogen-bond acceptors (Lipinski definition) is 3. The van der Waals surface area contributed by atoms with Crippen molar-refractivity contribution in [1.29, 1.82) is 0 Å². The fourth-order valence-electron chi connectivity index (χ4n) is 2.26. The van der Waals surface area contributed by atoms with Gasteiger partial charge in [-0.25, -0.2) is 4.79 Å². The van der Waals surface area contributed by atoms with Crippen LogP contribution in [-0.2, 0) is 9.53 Å². The highest BCUT2D eigenvalue weighted by Crippen LogP contribution is 2.41. The van der Waals surface area contributed by atoms with Crippen molar-refractivity contribution in [1.82, 2.24) is 0 Å². The molecule has 22 heavy (non-hydrogen) atoms. The van der Waals surface area contributed by atoms with Crippen molar-refractivity contribution < 1.29 is 27.4 Å². The van der Waals surface area contributed by atoms with Crippen LogP contribution in [0.15, 0.2) is 11.6 Å². The zero-order valence-corrected chi connectivity index (χ0v) is 12.9. The first kappa shape index (κ1) is 16.7. The van der Waals surface area contributed by atoms with Gasteiger partial charge in [0.25, 0.3) is 0 Å². The van der Waals surface area contributed by atoms with Crippen LogP contribution in [0.3, 0.4) is 0 Å². The largest absolute Gasteiger partial charge is 0.475 e. The Morgan fingerprint density at radius 1 is 1.41 bits per heavy atom. The van der Waals surface area contributed by atoms with E-state index in [-0.39, 0.29) is 12.4 Å². The summed E-state index contributed by atoms with van der Waals surface area (Å²) in [5.74, 6) is -0.999. The molecule has 0 aliphatic carbocycles. The molecule has 0 fully saturated rings. The van der Waals surface area contributed by atoms with Gasteiger partial charge in [0.15, 0.2) is 0 Å². The molecule has 120 valence electrons. The second kappa shape index (κ2) is 5.83. The van der Waals surface area contributed by atoms with Crippen molar-refractivity contribution in [3.05, 3.63) is 33.4 Å². The zero-order valence-electron chi connectivity index (χ0n) is 12.2. The molecule has 0 spiro atoms. The minimum absolute atomic E-state index is 0.0265. The average Bonchev–Trinajstić information content (AvgIpc) is 2.43. The molecule has 0 saturated heterocycles. The van der Waals surface area contributed by atoms with E-state index in [2.05, 4.69) is 0 Å². The smallest absolute Gasteiger partial charge is 0.430 e. The Bertz CT molecular complexity index is 650. The number of ether oxygens (including phenoxy) is 2. The van der Waals surface area contributed by atoms with Crippen LogP contribution in [-0.4, -0.2) is 24.9 Å². The molecule has 0 amide bonds. The molecule has 1 aromatic carbocycles. The van der Waals surface area contributed by atoms with Gasteiger partial charge in [-0.3, -0.25) is 0 Å². The lowest BCUT2D eigenvalue weighted by atomic mass is 9.96. The molecule has 2 rings (SSSR count). The molecule has 1 aliphatic heterocycles. The zero-order chi connectivity index (χ0) is 16.7. The molecule has 0 N–H and O–H groups in total. The molecule has 1 aromatic rings. The number of alkyl halides is 3. The number of esters is 1. The third kappa shape index (κ3) is 2.92. The maximum Gasteiger partial charge on any atom is 0.430 e. The Morgan fingerprint density at radius 3 is 2.59 bits per heavy atom. The normalized spacial score (nSPS) is 17.4. The third-order valence-electron chi connectivity index (χ3n) is 3.33. The highest BCUT2D eigenvalue weighted by atomic mass is 35.5. The van der Waals surface area contributed by atoms with Crippen LogP contribution in [0.5, 0.6) is 5.75 Å². The van der Waals surface area contributed by atoms with Crippen molar-refractivity contribution >= 4 is 23.6 Å². The van der Waals surface area contributed by atoms with Crippen molar-refractivity contribution in [2.45, 2.75) is 33.1 Å². The van der Waals surface area contributed by atoms with E-state index in [1.54, 1.807) is 13.8 Å². The van der Waals surface area contributed by atoms with Crippen molar-refractivity contribution in [2.75, 3.05) is 6.61 Å². The van der Waals surface area contributed by atoms with E-state index in [0.717, 1.165) is 6.08 Å². The van der Waals surface area contributed by atoms with Crippen LogP contribution in [0.25, 0.3) is 6.08 Å². The molecule has 3 nitrogen and oxygen atoms in total. The van der Waals surface area contributed by atoms with Crippen LogP contribution < -0.4 is 4.74 Å². The Morgan fingerprint density at radius 2 is 2.05 bits per heavy atom. The lowest BCUT2D eigenvalue weighted by Crippen LogP contribution is -2.41. The van der Waals surface area contributed by atoms with E-state index in [4.69, 9.17) is 21.1 Å². The number of hydrogen-bond donors (Lipinski definition) is 0. The fraction of sp³-hybridized carbons (Fsp3) is 0.400. The van der Waals surface area contributed by atoms with Gasteiger partial charge in [-0.05, 0) is 44.0 Å². The highest BCUT2D eigenvalue weighted by molar-refractivity contribution is 6.32. The topological polar surface area (TPSA) is 35.5 Å². The standard InChI is InChI=1S/C15H14ClF3O3/c1-4-21-14(20)10-6-9-8(3)12(16)7(2)5-11(9)22-13(10)15(17,18)19/h5-6,13H,4H2,1-3H3/t13-/m0/s1. The summed E-state index contributed by atoms with van der Waals surface area (Å²) in [6.45, 7) is 4.82. The van der Waals surface area contributed by atoms with E-state index in [0.29, 0.717) is 21.7 Å². The van der Waals surface area contributed by atoms with E-state index >= 15 is 0 Å². The van der Waals surface area contributed by atoms with Gasteiger partial charge in [-0.1, -0.05) is 11.6 Å². The SMILES string of the molecule is CCOC(=O)C1=Cc2c(cc(C)c(Cl)c2C)O[C@@H]1C(F)(F)F. The molecule has 0 bridgehead atoms. The number of halogens is 4. The Hall–Kier alpha value is -1.69. The van der Waals surface area contributed by atoms with Gasteiger partial charge in [-0.15, -0.1) is 0 Å². The van der Waals surface area contributed by atoms with Gasteiger partial charge in [0.1, 0.15) is 5.75 Å². The minimum Gasteiger partial charge on any atom is -0.475 e. The molecule has 0 saturated carbocycles. The number of carbonyl (C=O) groups excluding carboxylic acids is 1. The van der Waals surface area contributed by atoms with Crippen LogP contribution >= 0.6 is 11.6 Å². The molecule has 1 heterocycles. The summed E-state index contributed by atoms with van der Waals surface area (Å²) in [5, 5.41) is 0.423. The summed E-state index contributed by atoms with van der Waals surface area (Å²) >= 11 is 6.11. The molecule has 0 radical (unpaired) electrons. The Labute approximate surface area is 130 Å². The summed E-state index contributed by atoms with van der Waals surface area (Å²) in [6, 6.07) is 1.43. The summed E-state index contributed by atoms with van der Waals surface area (Å²) in [6.07, 6.45) is -5.92. The Balaban J connectivity index is 2.61. The number of rotatable bonds is 2. The maximum absolute atomic E-state index is 13.2. The number of carbonyl (C=O) groups is 1. The summed E-state index contributed by atoms with van der Waals surface area (Å²) < 4.78 is 49.2. The number of benzene rings is 1. The van der Waals surface area contributed by atoms with Gasteiger partial charge in [0, 0.05) is 10.6 Å². The second-order valence-corrected chi connectivity index (χ2v) is 5.28. The lowest BCUT2D eigenvalue weighted by molar-refractivity contribution is -0.187. The predicted octanol–water partition coefficient (Wildman–Crippen LogP) is 4.23. The molecular weight excluding hydrogens is 321 g/mol. The van der Waals surface area contributed by atoms with Crippen molar-refractivity contribution in [2.24, 2.45) is 0 Å². The maximum atomic E-state index is 13.2. The summed E-state index contributed by atoms with van der Waals surface area (Å²) in [7, 11) is 0. The first-order valence-electron chi connectivity index (χ1n) is 6.58. The number of fused-ring (bicyclic) bond motifs is 1. The summed E-state index contributed by atoms with van der Waals surface area (Å²) in [4.78, 5) is 11.8. The van der Waals surface area contributed by atoms with E-state index < -0.39 is 23.8 Å². The quantitative estimate of drug-likeness (QED) is 0.759. The average molecular weight is 335 g/mol. The third-order valence-corrected chi connectivity index (χ3v) is 3.91. The molecule has 1 aliphatic rings. The molecule has 7 heteroatoms. The van der Waals surface area contributed by atoms with Crippen molar-refractivity contribution in [3.63, 3.8) is 0 Å². The van der Waals surface area contributed by atoms with Crippen molar-refractivity contribution in [3.8, 4) is 5.75 Å². The first-order valence-corrected chi connectivity index (χ1v) is 6.96. The van der Waals surface area contributed by atoms with Gasteiger partial charge in [0.05, 0.1) is 12.2 Å². The van der Waals surface area contributed by atoms with Gasteiger partial charge >= 0.3 is 12.1 Å². The summed E-state index contributed by atoms with van der Waals surface area (Å²) in [5.41, 5.74) is 0.940. The molecule has 0 aromatic heterocycles. The predicted molar refractivity (Wildman–Crippen MR) is 76.0 cm³/mol. The van der Waals surface area contributed by atoms with Crippen LogP contribution in [0.4, 0.5) is 13.2 Å². The van der Waals surface area contributed by atoms with Crippen LogP contribution in [0.2, 0.25) is 5.02 Å². The molecule has 1 atom stereocenters. The van der Waals surface area contributed by atoms with Crippen LogP contribution in [0, 0.1) is 13.8 Å². The first-order chi connectivity index (χ1) is 10.2. The van der Waals surface area contributed by atoms with Gasteiger partial charge in [0.2, 0.25) is 6.10 Å². The monoisotopic (exact) mass is 334 g/mol. The fourth-order valence-corrected chi connectivity index (χ4v) is 2.41. The highest BCUT2D eigenvalue weighted by Gasteiger charge is 2.49. The lowest BCUT2D eigenvalue weighted by Gasteiger charge is -2.29. The van der Waals surface area contributed by atoms with E-state index in [1.807, 2.05) is 0 Å².